The van der Waals surface area contributed by atoms with Gasteiger partial charge in [0.2, 0.25) is 0 Å². The van der Waals surface area contributed by atoms with Crippen LogP contribution in [0.15, 0.2) is 84.9 Å². The van der Waals surface area contributed by atoms with Gasteiger partial charge < -0.3 is 9.71 Å². The molecule has 166 valence electrons. The van der Waals surface area contributed by atoms with Crippen molar-refractivity contribution in [2.75, 3.05) is 0 Å². The highest BCUT2D eigenvalue weighted by molar-refractivity contribution is 7.96. The summed E-state index contributed by atoms with van der Waals surface area (Å²) in [6, 6.07) is 23.3. The van der Waals surface area contributed by atoms with E-state index in [2.05, 4.69) is 30.8 Å². The van der Waals surface area contributed by atoms with Crippen LogP contribution in [-0.4, -0.2) is 24.7 Å². The van der Waals surface area contributed by atoms with Gasteiger partial charge in [-0.3, -0.25) is 4.79 Å². The van der Waals surface area contributed by atoms with Crippen molar-refractivity contribution < 1.29 is 22.2 Å². The molecule has 1 aliphatic carbocycles. The van der Waals surface area contributed by atoms with Crippen LogP contribution in [0.3, 0.4) is 0 Å². The van der Waals surface area contributed by atoms with E-state index in [1.165, 1.54) is 17.7 Å². The van der Waals surface area contributed by atoms with Gasteiger partial charge in [0.25, 0.3) is 5.78 Å². The van der Waals surface area contributed by atoms with Gasteiger partial charge in [0, 0.05) is 16.5 Å². The van der Waals surface area contributed by atoms with Crippen molar-refractivity contribution in [2.45, 2.75) is 25.7 Å². The SMILES string of the molecule is CCC(C)(c1ccccc1)c1ccc(OS(=O)(=O)C2=CC(=[N+]=[N-])C(=O)c3ccccc32)cc1. The predicted octanol–water partition coefficient (Wildman–Crippen LogP) is 5.02. The molecule has 1 unspecified atom stereocenters. The molecule has 0 amide bonds. The van der Waals surface area contributed by atoms with E-state index >= 15 is 0 Å². The molecule has 0 spiro atoms. The molecular formula is C26H22N2O4S. The maximum Gasteiger partial charge on any atom is 0.364 e. The maximum absolute atomic E-state index is 13.1. The molecule has 0 saturated carbocycles. The van der Waals surface area contributed by atoms with Gasteiger partial charge in [-0.2, -0.15) is 13.2 Å². The molecule has 0 bridgehead atoms. The fraction of sp³-hybridized carbons (Fsp3) is 0.154. The second kappa shape index (κ2) is 8.62. The Kier molecular flexibility index (Phi) is 5.85. The van der Waals surface area contributed by atoms with Crippen LogP contribution in [0, 0.1) is 0 Å². The van der Waals surface area contributed by atoms with Crippen molar-refractivity contribution in [1.82, 2.24) is 0 Å². The molecule has 7 heteroatoms. The lowest BCUT2D eigenvalue weighted by atomic mass is 9.74. The summed E-state index contributed by atoms with van der Waals surface area (Å²) in [7, 11) is -4.31. The Balaban J connectivity index is 1.67. The molecule has 0 aliphatic heterocycles. The first-order valence-corrected chi connectivity index (χ1v) is 11.9. The predicted molar refractivity (Wildman–Crippen MR) is 127 cm³/mol. The number of carbonyl (C=O) groups is 1. The number of benzene rings is 3. The Morgan fingerprint density at radius 3 is 2.06 bits per heavy atom. The number of hydrogen-bond acceptors (Lipinski definition) is 4. The second-order valence-electron chi connectivity index (χ2n) is 7.98. The van der Waals surface area contributed by atoms with Crippen LogP contribution >= 0.6 is 0 Å². The lowest BCUT2D eigenvalue weighted by Crippen LogP contribution is -2.24. The average Bonchev–Trinajstić information content (AvgIpc) is 2.84. The Hall–Kier alpha value is -3.80. The highest BCUT2D eigenvalue weighted by Gasteiger charge is 2.36. The molecule has 0 aromatic heterocycles. The van der Waals surface area contributed by atoms with Crippen molar-refractivity contribution in [2.24, 2.45) is 0 Å². The first-order valence-electron chi connectivity index (χ1n) is 10.5. The summed E-state index contributed by atoms with van der Waals surface area (Å²) in [5.41, 5.74) is 11.1. The van der Waals surface area contributed by atoms with Gasteiger partial charge in [-0.1, -0.05) is 80.6 Å². The van der Waals surface area contributed by atoms with Gasteiger partial charge in [-0.25, -0.2) is 0 Å². The molecule has 6 nitrogen and oxygen atoms in total. The van der Waals surface area contributed by atoms with Crippen LogP contribution in [0.25, 0.3) is 10.4 Å². The molecule has 4 rings (SSSR count). The Labute approximate surface area is 192 Å². The monoisotopic (exact) mass is 458 g/mol. The van der Waals surface area contributed by atoms with Crippen molar-refractivity contribution in [1.29, 1.82) is 0 Å². The van der Waals surface area contributed by atoms with E-state index in [9.17, 15) is 18.7 Å². The zero-order valence-electron chi connectivity index (χ0n) is 18.2. The Morgan fingerprint density at radius 1 is 0.879 bits per heavy atom. The number of fused-ring (bicyclic) bond motifs is 1. The molecule has 1 atom stereocenters. The van der Waals surface area contributed by atoms with E-state index in [1.54, 1.807) is 24.3 Å². The second-order valence-corrected chi connectivity index (χ2v) is 9.50. The van der Waals surface area contributed by atoms with Crippen LogP contribution in [0.1, 0.15) is 47.3 Å². The summed E-state index contributed by atoms with van der Waals surface area (Å²) >= 11 is 0. The minimum absolute atomic E-state index is 0.131. The molecular weight excluding hydrogens is 436 g/mol. The van der Waals surface area contributed by atoms with E-state index in [0.29, 0.717) is 0 Å². The van der Waals surface area contributed by atoms with E-state index in [4.69, 9.17) is 4.18 Å². The summed E-state index contributed by atoms with van der Waals surface area (Å²) in [6.07, 6.45) is 1.88. The van der Waals surface area contributed by atoms with Gasteiger partial charge >= 0.3 is 15.8 Å². The van der Waals surface area contributed by atoms with Crippen molar-refractivity contribution in [3.63, 3.8) is 0 Å². The number of allylic oxidation sites excluding steroid dienone is 1. The lowest BCUT2D eigenvalue weighted by molar-refractivity contribution is -0.00437. The molecule has 1 aliphatic rings. The standard InChI is InChI=1S/C26H22N2O4S/c1-3-26(2,18-9-5-4-6-10-18)19-13-15-20(16-14-19)32-33(30,31)24-17-23(28-27)25(29)22-12-8-7-11-21(22)24/h4-17H,3H2,1-2H3. The minimum Gasteiger partial charge on any atom is -0.379 e. The number of rotatable bonds is 6. The number of nitrogens with zero attached hydrogens (tertiary/aromatic N) is 2. The summed E-state index contributed by atoms with van der Waals surface area (Å²) in [5.74, 6) is -0.417. The molecule has 3 aromatic carbocycles. The molecule has 0 N–H and O–H groups in total. The van der Waals surface area contributed by atoms with Crippen molar-refractivity contribution >= 4 is 26.5 Å². The van der Waals surface area contributed by atoms with Gasteiger partial charge in [-0.15, -0.1) is 0 Å². The quantitative estimate of drug-likeness (QED) is 0.294. The highest BCUT2D eigenvalue weighted by atomic mass is 32.2. The van der Waals surface area contributed by atoms with Gasteiger partial charge in [0.05, 0.1) is 6.08 Å². The molecule has 0 saturated heterocycles. The van der Waals surface area contributed by atoms with E-state index in [0.717, 1.165) is 18.1 Å². The number of Topliss-reactive ketones (excluding diaryl/α,β-unsaturated/α-hetero) is 1. The first-order chi connectivity index (χ1) is 15.8. The number of hydrogen-bond donors (Lipinski definition) is 0. The summed E-state index contributed by atoms with van der Waals surface area (Å²) < 4.78 is 31.6. The van der Waals surface area contributed by atoms with Crippen molar-refractivity contribution in [3.8, 4) is 5.75 Å². The number of carbonyl (C=O) groups excluding carboxylic acids is 1. The first kappa shape index (κ1) is 22.4. The maximum atomic E-state index is 13.1. The van der Waals surface area contributed by atoms with Crippen molar-refractivity contribution in [3.05, 3.63) is 113 Å². The molecule has 3 aromatic rings. The minimum atomic E-state index is -4.31. The number of ketones is 1. The topological polar surface area (TPSA) is 96.8 Å². The Bertz CT molecular complexity index is 1400. The van der Waals surface area contributed by atoms with E-state index < -0.39 is 15.9 Å². The van der Waals surface area contributed by atoms with E-state index in [-0.39, 0.29) is 32.9 Å². The van der Waals surface area contributed by atoms with Crippen LogP contribution in [0.2, 0.25) is 0 Å². The van der Waals surface area contributed by atoms with Crippen LogP contribution < -0.4 is 4.18 Å². The zero-order valence-corrected chi connectivity index (χ0v) is 19.0. The summed E-state index contributed by atoms with van der Waals surface area (Å²) in [4.78, 5) is 15.1. The van der Waals surface area contributed by atoms with Gasteiger partial charge in [0.1, 0.15) is 10.7 Å². The third kappa shape index (κ3) is 4.04. The fourth-order valence-corrected chi connectivity index (χ4v) is 5.17. The fourth-order valence-electron chi connectivity index (χ4n) is 4.01. The molecule has 0 fully saturated rings. The Morgan fingerprint density at radius 2 is 1.45 bits per heavy atom. The third-order valence-corrected chi connectivity index (χ3v) is 7.42. The van der Waals surface area contributed by atoms with Crippen LogP contribution in [-0.2, 0) is 15.5 Å². The third-order valence-electron chi connectivity index (χ3n) is 6.13. The van der Waals surface area contributed by atoms with Gasteiger partial charge in [0.15, 0.2) is 0 Å². The summed E-state index contributed by atoms with van der Waals surface area (Å²) in [5, 5.41) is 0. The van der Waals surface area contributed by atoms with Crippen LogP contribution in [0.5, 0.6) is 5.75 Å². The average molecular weight is 459 g/mol. The smallest absolute Gasteiger partial charge is 0.364 e. The molecule has 0 radical (unpaired) electrons. The van der Waals surface area contributed by atoms with E-state index in [1.807, 2.05) is 30.3 Å². The van der Waals surface area contributed by atoms with Gasteiger partial charge in [-0.05, 0) is 29.7 Å². The molecule has 0 heterocycles. The lowest BCUT2D eigenvalue weighted by Gasteiger charge is -2.30. The zero-order chi connectivity index (χ0) is 23.6. The normalized spacial score (nSPS) is 15.2. The summed E-state index contributed by atoms with van der Waals surface area (Å²) in [6.45, 7) is 4.25. The van der Waals surface area contributed by atoms with Crippen LogP contribution in [0.4, 0.5) is 0 Å². The molecule has 33 heavy (non-hydrogen) atoms. The largest absolute Gasteiger partial charge is 0.379 e. The highest BCUT2D eigenvalue weighted by Crippen LogP contribution is 2.36.